The molecule has 0 atom stereocenters. The highest BCUT2D eigenvalue weighted by Crippen LogP contribution is 2.19. The lowest BCUT2D eigenvalue weighted by molar-refractivity contribution is 0.0693. The third-order valence-corrected chi connectivity index (χ3v) is 2.77. The summed E-state index contributed by atoms with van der Waals surface area (Å²) in [7, 11) is 1.59. The minimum Gasteiger partial charge on any atom is -0.497 e. The Kier molecular flexibility index (Phi) is 4.05. The summed E-state index contributed by atoms with van der Waals surface area (Å²) >= 11 is 0. The molecule has 102 valence electrons. The second kappa shape index (κ2) is 5.93. The number of rotatable bonds is 4. The van der Waals surface area contributed by atoms with E-state index in [1.807, 2.05) is 0 Å². The molecule has 0 spiro atoms. The Morgan fingerprint density at radius 2 is 1.55 bits per heavy atom. The van der Waals surface area contributed by atoms with Gasteiger partial charge >= 0.3 is 5.97 Å². The molecule has 0 aliphatic carbocycles. The molecule has 2 N–H and O–H groups in total. The Morgan fingerprint density at radius 3 is 2.10 bits per heavy atom. The Morgan fingerprint density at radius 1 is 1.00 bits per heavy atom. The van der Waals surface area contributed by atoms with Gasteiger partial charge in [-0.15, -0.1) is 0 Å². The molecule has 2 aromatic rings. The van der Waals surface area contributed by atoms with E-state index in [0.29, 0.717) is 11.3 Å². The average Bonchev–Trinajstić information content (AvgIpc) is 2.48. The summed E-state index contributed by atoms with van der Waals surface area (Å²) in [4.78, 5) is 11.9. The van der Waals surface area contributed by atoms with Gasteiger partial charge in [-0.25, -0.2) is 4.79 Å². The molecule has 0 heterocycles. The zero-order valence-corrected chi connectivity index (χ0v) is 11.1. The first-order valence-corrected chi connectivity index (χ1v) is 6.01. The predicted molar refractivity (Wildman–Crippen MR) is 78.3 cm³/mol. The highest BCUT2D eigenvalue weighted by atomic mass is 16.5. The highest BCUT2D eigenvalue weighted by Gasteiger charge is 2.10. The molecule has 4 nitrogen and oxygen atoms in total. The number of anilines is 1. The van der Waals surface area contributed by atoms with E-state index in [-0.39, 0.29) is 5.76 Å². The van der Waals surface area contributed by atoms with Crippen molar-refractivity contribution in [2.24, 2.45) is 0 Å². The summed E-state index contributed by atoms with van der Waals surface area (Å²) in [5, 5.41) is 0. The van der Waals surface area contributed by atoms with E-state index < -0.39 is 5.97 Å². The van der Waals surface area contributed by atoms with Crippen molar-refractivity contribution in [3.8, 4) is 5.75 Å². The van der Waals surface area contributed by atoms with Gasteiger partial charge in [0.1, 0.15) is 11.5 Å². The van der Waals surface area contributed by atoms with Crippen LogP contribution in [0.4, 0.5) is 5.69 Å². The fourth-order valence-corrected chi connectivity index (χ4v) is 1.63. The number of carbonyl (C=O) groups excluding carboxylic acids is 1. The quantitative estimate of drug-likeness (QED) is 0.526. The van der Waals surface area contributed by atoms with E-state index >= 15 is 0 Å². The lowest BCUT2D eigenvalue weighted by Crippen LogP contribution is -2.04. The zero-order valence-electron chi connectivity index (χ0n) is 11.1. The van der Waals surface area contributed by atoms with Crippen molar-refractivity contribution < 1.29 is 14.3 Å². The molecule has 0 amide bonds. The number of esters is 1. The van der Waals surface area contributed by atoms with E-state index in [1.54, 1.807) is 55.6 Å². The molecule has 2 aromatic carbocycles. The first-order valence-electron chi connectivity index (χ1n) is 6.01. The summed E-state index contributed by atoms with van der Waals surface area (Å²) in [6.07, 6.45) is 0. The number of methoxy groups -OCH3 is 1. The van der Waals surface area contributed by atoms with Gasteiger partial charge in [0, 0.05) is 11.3 Å². The van der Waals surface area contributed by atoms with Gasteiger partial charge < -0.3 is 15.2 Å². The molecule has 0 aliphatic rings. The highest BCUT2D eigenvalue weighted by molar-refractivity contribution is 5.93. The van der Waals surface area contributed by atoms with Gasteiger partial charge in [0.25, 0.3) is 0 Å². The van der Waals surface area contributed by atoms with Crippen LogP contribution >= 0.6 is 0 Å². The second-order valence-electron chi connectivity index (χ2n) is 4.16. The van der Waals surface area contributed by atoms with Crippen molar-refractivity contribution in [1.29, 1.82) is 0 Å². The summed E-state index contributed by atoms with van der Waals surface area (Å²) in [6.45, 7) is 3.75. The van der Waals surface area contributed by atoms with Crippen molar-refractivity contribution in [1.82, 2.24) is 0 Å². The molecule has 0 aromatic heterocycles. The van der Waals surface area contributed by atoms with Crippen LogP contribution in [0.15, 0.2) is 55.1 Å². The van der Waals surface area contributed by atoms with Crippen LogP contribution in [0.3, 0.4) is 0 Å². The first kappa shape index (κ1) is 13.7. The molecule has 0 saturated heterocycles. The predicted octanol–water partition coefficient (Wildman–Crippen LogP) is 3.11. The van der Waals surface area contributed by atoms with Crippen LogP contribution in [0.5, 0.6) is 5.75 Å². The molecule has 0 aliphatic heterocycles. The largest absolute Gasteiger partial charge is 0.497 e. The lowest BCUT2D eigenvalue weighted by atomic mass is 10.2. The topological polar surface area (TPSA) is 61.5 Å². The molecule has 20 heavy (non-hydrogen) atoms. The summed E-state index contributed by atoms with van der Waals surface area (Å²) in [5.41, 5.74) is 7.30. The molecular weight excluding hydrogens is 254 g/mol. The Hall–Kier alpha value is -2.75. The Balaban J connectivity index is 2.06. The van der Waals surface area contributed by atoms with Crippen molar-refractivity contribution in [2.75, 3.05) is 12.8 Å². The van der Waals surface area contributed by atoms with Gasteiger partial charge in [0.05, 0.1) is 12.7 Å². The van der Waals surface area contributed by atoms with Crippen molar-refractivity contribution in [3.05, 3.63) is 66.2 Å². The standard InChI is InChI=1S/C16H15NO3/c1-11(12-5-9-15(19-2)10-6-12)20-16(18)13-3-7-14(17)8-4-13/h3-10H,1,17H2,2H3. The molecule has 0 radical (unpaired) electrons. The van der Waals surface area contributed by atoms with E-state index in [4.69, 9.17) is 15.2 Å². The summed E-state index contributed by atoms with van der Waals surface area (Å²) in [5.74, 6) is 0.548. The molecule has 4 heteroatoms. The number of hydrogen-bond acceptors (Lipinski definition) is 4. The van der Waals surface area contributed by atoms with Gasteiger partial charge in [-0.2, -0.15) is 0 Å². The molecule has 0 fully saturated rings. The summed E-state index contributed by atoms with van der Waals surface area (Å²) < 4.78 is 10.3. The van der Waals surface area contributed by atoms with Crippen molar-refractivity contribution >= 4 is 17.4 Å². The van der Waals surface area contributed by atoms with Gasteiger partial charge in [-0.3, -0.25) is 0 Å². The summed E-state index contributed by atoms with van der Waals surface area (Å²) in [6, 6.07) is 13.6. The van der Waals surface area contributed by atoms with Crippen LogP contribution in [0, 0.1) is 0 Å². The van der Waals surface area contributed by atoms with Crippen molar-refractivity contribution in [2.45, 2.75) is 0 Å². The first-order chi connectivity index (χ1) is 9.60. The van der Waals surface area contributed by atoms with Gasteiger partial charge in [0.15, 0.2) is 0 Å². The van der Waals surface area contributed by atoms with E-state index in [9.17, 15) is 4.79 Å². The SMILES string of the molecule is C=C(OC(=O)c1ccc(N)cc1)c1ccc(OC)cc1. The second-order valence-corrected chi connectivity index (χ2v) is 4.16. The smallest absolute Gasteiger partial charge is 0.343 e. The lowest BCUT2D eigenvalue weighted by Gasteiger charge is -2.08. The maximum absolute atomic E-state index is 11.9. The molecule has 0 unspecified atom stereocenters. The van der Waals surface area contributed by atoms with Crippen LogP contribution in [0.2, 0.25) is 0 Å². The normalized spacial score (nSPS) is 9.85. The molecular formula is C16H15NO3. The minimum atomic E-state index is -0.467. The Bertz CT molecular complexity index is 615. The van der Waals surface area contributed by atoms with E-state index in [0.717, 1.165) is 11.3 Å². The molecule has 0 saturated carbocycles. The van der Waals surface area contributed by atoms with Crippen LogP contribution in [-0.4, -0.2) is 13.1 Å². The van der Waals surface area contributed by atoms with Crippen LogP contribution < -0.4 is 10.5 Å². The fourth-order valence-electron chi connectivity index (χ4n) is 1.63. The number of nitrogen functional groups attached to an aromatic ring is 1. The average molecular weight is 269 g/mol. The maximum Gasteiger partial charge on any atom is 0.343 e. The number of carbonyl (C=O) groups is 1. The molecule has 2 rings (SSSR count). The number of nitrogens with two attached hydrogens (primary N) is 1. The third-order valence-electron chi connectivity index (χ3n) is 2.77. The Labute approximate surface area is 117 Å². The van der Waals surface area contributed by atoms with Crippen LogP contribution in [0.25, 0.3) is 5.76 Å². The van der Waals surface area contributed by atoms with E-state index in [2.05, 4.69) is 6.58 Å². The minimum absolute atomic E-state index is 0.287. The molecule has 0 bridgehead atoms. The van der Waals surface area contributed by atoms with Gasteiger partial charge in [-0.1, -0.05) is 6.58 Å². The number of hydrogen-bond donors (Lipinski definition) is 1. The number of ether oxygens (including phenoxy) is 2. The third kappa shape index (κ3) is 3.17. The van der Waals surface area contributed by atoms with Crippen LogP contribution in [-0.2, 0) is 4.74 Å². The maximum atomic E-state index is 11.9. The monoisotopic (exact) mass is 269 g/mol. The van der Waals surface area contributed by atoms with E-state index in [1.165, 1.54) is 0 Å². The number of benzene rings is 2. The fraction of sp³-hybridized carbons (Fsp3) is 0.0625. The zero-order chi connectivity index (χ0) is 14.5. The van der Waals surface area contributed by atoms with Crippen LogP contribution in [0.1, 0.15) is 15.9 Å². The van der Waals surface area contributed by atoms with Gasteiger partial charge in [-0.05, 0) is 48.5 Å². The van der Waals surface area contributed by atoms with Crippen molar-refractivity contribution in [3.63, 3.8) is 0 Å². The van der Waals surface area contributed by atoms with Gasteiger partial charge in [0.2, 0.25) is 0 Å².